The second kappa shape index (κ2) is 7.37. The van der Waals surface area contributed by atoms with Crippen LogP contribution in [-0.4, -0.2) is 18.0 Å². The van der Waals surface area contributed by atoms with Crippen LogP contribution in [0.15, 0.2) is 69.9 Å². The van der Waals surface area contributed by atoms with Crippen LogP contribution in [0.1, 0.15) is 0 Å². The van der Waals surface area contributed by atoms with Crippen LogP contribution in [0.5, 0.6) is 5.75 Å². The summed E-state index contributed by atoms with van der Waals surface area (Å²) in [6, 6.07) is 12.0. The fourth-order valence-corrected chi connectivity index (χ4v) is 2.52. The van der Waals surface area contributed by atoms with Gasteiger partial charge in [-0.3, -0.25) is 9.54 Å². The van der Waals surface area contributed by atoms with Gasteiger partial charge in [-0.2, -0.15) is 18.6 Å². The van der Waals surface area contributed by atoms with Gasteiger partial charge < -0.3 is 5.11 Å². The third-order valence-electron chi connectivity index (χ3n) is 3.10. The zero-order valence-corrected chi connectivity index (χ0v) is 15.4. The minimum atomic E-state index is -4.32. The maximum absolute atomic E-state index is 12.2. The van der Waals surface area contributed by atoms with Crippen LogP contribution < -0.4 is 34.7 Å². The monoisotopic (exact) mass is 351 g/mol. The molecule has 3 rings (SSSR count). The fraction of sp³-hybridized carbons (Fsp3) is 0. The number of benzene rings is 2. The minimum Gasteiger partial charge on any atom is -0.869 e. The summed E-state index contributed by atoms with van der Waals surface area (Å²) in [5.74, 6) is -0.363. The first-order valence-corrected chi connectivity index (χ1v) is 7.93. The zero-order valence-electron chi connectivity index (χ0n) is 12.6. The van der Waals surface area contributed by atoms with E-state index < -0.39 is 10.1 Å². The maximum Gasteiger partial charge on any atom is 1.00 e. The summed E-state index contributed by atoms with van der Waals surface area (Å²) in [4.78, 5) is 3.72. The van der Waals surface area contributed by atoms with Crippen LogP contribution in [-0.2, 0) is 10.1 Å². The molecule has 116 valence electrons. The van der Waals surface area contributed by atoms with Crippen LogP contribution in [0, 0.1) is 0 Å². The van der Waals surface area contributed by atoms with E-state index in [2.05, 4.69) is 15.2 Å². The van der Waals surface area contributed by atoms with Crippen molar-refractivity contribution in [1.29, 1.82) is 0 Å². The quantitative estimate of drug-likeness (QED) is 0.404. The van der Waals surface area contributed by atoms with Gasteiger partial charge in [0, 0.05) is 6.20 Å². The van der Waals surface area contributed by atoms with E-state index in [1.807, 2.05) is 0 Å². The molecule has 2 aromatic carbocycles. The van der Waals surface area contributed by atoms with E-state index in [1.165, 1.54) is 30.5 Å². The molecule has 0 unspecified atom stereocenters. The Balaban J connectivity index is 0.00000208. The third-order valence-corrected chi connectivity index (χ3v) is 3.95. The van der Waals surface area contributed by atoms with Crippen molar-refractivity contribution in [3.63, 3.8) is 0 Å². The van der Waals surface area contributed by atoms with Gasteiger partial charge in [0.1, 0.15) is 0 Å². The summed E-state index contributed by atoms with van der Waals surface area (Å²) >= 11 is 0. The minimum absolute atomic E-state index is 0. The normalized spacial score (nSPS) is 11.5. The van der Waals surface area contributed by atoms with Crippen LogP contribution in [0.3, 0.4) is 0 Å². The van der Waals surface area contributed by atoms with Gasteiger partial charge >= 0.3 is 29.6 Å². The molecule has 1 heterocycles. The number of pyridine rings is 1. The van der Waals surface area contributed by atoms with E-state index in [-0.39, 0.29) is 57.1 Å². The Hall–Kier alpha value is -1.84. The van der Waals surface area contributed by atoms with Crippen molar-refractivity contribution in [2.75, 3.05) is 0 Å². The molecule has 0 atom stereocenters. The number of azo groups is 1. The number of hydrogen-bond acceptors (Lipinski definition) is 6. The van der Waals surface area contributed by atoms with E-state index in [1.54, 1.807) is 18.2 Å². The summed E-state index contributed by atoms with van der Waals surface area (Å²) in [6.07, 6.45) is 1.51. The summed E-state index contributed by atoms with van der Waals surface area (Å²) in [6.45, 7) is 0. The van der Waals surface area contributed by atoms with Crippen LogP contribution in [0.25, 0.3) is 10.9 Å². The topological polar surface area (TPSA) is 115 Å². The van der Waals surface area contributed by atoms with Crippen LogP contribution in [0.4, 0.5) is 11.4 Å². The Morgan fingerprint density at radius 3 is 2.58 bits per heavy atom. The van der Waals surface area contributed by atoms with E-state index in [0.717, 1.165) is 6.07 Å². The largest absolute Gasteiger partial charge is 1.00 e. The SMILES string of the molecule is O=S(=O)(O)c1cccc(N=Nc2ccc3cccnc3c2[O-])c1.[Na+]. The molecular weight excluding hydrogens is 341 g/mol. The molecule has 0 saturated carbocycles. The molecule has 0 amide bonds. The van der Waals surface area contributed by atoms with Gasteiger partial charge in [0.15, 0.2) is 0 Å². The molecule has 0 fully saturated rings. The zero-order chi connectivity index (χ0) is 16.4. The second-order valence-electron chi connectivity index (χ2n) is 4.66. The van der Waals surface area contributed by atoms with Gasteiger partial charge in [-0.05, 0) is 35.7 Å². The molecule has 3 aromatic rings. The standard InChI is InChI=1S/C15H11N3O4S.Na/c19-15-13(7-6-10-3-2-8-16-14(10)15)18-17-11-4-1-5-12(9-11)23(20,21)22;/h1-9,19H,(H,20,21,22);/q;+1/p-1. The van der Waals surface area contributed by atoms with Crippen molar-refractivity contribution in [3.8, 4) is 5.75 Å². The van der Waals surface area contributed by atoms with Crippen molar-refractivity contribution < 1.29 is 47.6 Å². The van der Waals surface area contributed by atoms with Crippen molar-refractivity contribution in [1.82, 2.24) is 4.98 Å². The van der Waals surface area contributed by atoms with Crippen molar-refractivity contribution in [2.45, 2.75) is 4.90 Å². The number of fused-ring (bicyclic) bond motifs is 1. The molecule has 0 bridgehead atoms. The van der Waals surface area contributed by atoms with Crippen molar-refractivity contribution in [2.24, 2.45) is 10.2 Å². The van der Waals surface area contributed by atoms with E-state index in [9.17, 15) is 13.5 Å². The predicted octanol–water partition coefficient (Wildman–Crippen LogP) is -0.0255. The Labute approximate surface area is 160 Å². The van der Waals surface area contributed by atoms with Crippen LogP contribution in [0.2, 0.25) is 0 Å². The Morgan fingerprint density at radius 1 is 1.04 bits per heavy atom. The molecule has 1 aromatic heterocycles. The van der Waals surface area contributed by atoms with Gasteiger partial charge in [-0.15, -0.1) is 0 Å². The Morgan fingerprint density at radius 2 is 1.83 bits per heavy atom. The third kappa shape index (κ3) is 3.97. The van der Waals surface area contributed by atoms with Crippen molar-refractivity contribution in [3.05, 3.63) is 54.7 Å². The van der Waals surface area contributed by atoms with Gasteiger partial charge in [0.2, 0.25) is 0 Å². The first kappa shape index (κ1) is 18.5. The molecular formula is C15H10N3NaO4S. The van der Waals surface area contributed by atoms with Gasteiger partial charge in [0.25, 0.3) is 10.1 Å². The second-order valence-corrected chi connectivity index (χ2v) is 6.08. The average Bonchev–Trinajstić information content (AvgIpc) is 2.54. The summed E-state index contributed by atoms with van der Waals surface area (Å²) < 4.78 is 31.2. The molecule has 0 aliphatic heterocycles. The first-order chi connectivity index (χ1) is 10.9. The smallest absolute Gasteiger partial charge is 0.869 e. The maximum atomic E-state index is 12.2. The number of nitrogens with zero attached hydrogens (tertiary/aromatic N) is 3. The van der Waals surface area contributed by atoms with E-state index >= 15 is 0 Å². The molecule has 9 heteroatoms. The van der Waals surface area contributed by atoms with Crippen LogP contribution >= 0.6 is 0 Å². The molecule has 0 saturated heterocycles. The number of hydrogen-bond donors (Lipinski definition) is 1. The first-order valence-electron chi connectivity index (χ1n) is 6.49. The molecule has 7 nitrogen and oxygen atoms in total. The summed E-state index contributed by atoms with van der Waals surface area (Å²) in [5.41, 5.74) is 0.574. The molecule has 0 aliphatic carbocycles. The van der Waals surface area contributed by atoms with Crippen molar-refractivity contribution >= 4 is 32.4 Å². The van der Waals surface area contributed by atoms with E-state index in [4.69, 9.17) is 4.55 Å². The summed E-state index contributed by atoms with van der Waals surface area (Å²) in [7, 11) is -4.32. The summed E-state index contributed by atoms with van der Waals surface area (Å²) in [5, 5.41) is 20.6. The molecule has 0 aliphatic rings. The molecule has 0 radical (unpaired) electrons. The number of aromatic nitrogens is 1. The van der Waals surface area contributed by atoms with Gasteiger partial charge in [0.05, 0.1) is 21.8 Å². The molecule has 24 heavy (non-hydrogen) atoms. The Kier molecular flexibility index (Phi) is 5.68. The molecule has 0 spiro atoms. The van der Waals surface area contributed by atoms with Gasteiger partial charge in [-0.1, -0.05) is 23.9 Å². The molecule has 1 N–H and O–H groups in total. The number of rotatable bonds is 3. The van der Waals surface area contributed by atoms with E-state index in [0.29, 0.717) is 5.39 Å². The fourth-order valence-electron chi connectivity index (χ4n) is 2.00. The van der Waals surface area contributed by atoms with Gasteiger partial charge in [-0.25, -0.2) is 0 Å². The Bertz CT molecular complexity index is 1020. The predicted molar refractivity (Wildman–Crippen MR) is 81.6 cm³/mol. The average molecular weight is 351 g/mol.